The molecule has 0 aromatic heterocycles. The number of alkyl halides is 2. The molecule has 0 bridgehead atoms. The predicted octanol–water partition coefficient (Wildman–Crippen LogP) is 2.76. The fraction of sp³-hybridized carbons (Fsp3) is 0.571. The van der Waals surface area contributed by atoms with Crippen LogP contribution in [0.4, 0.5) is 8.78 Å². The molecule has 0 heterocycles. The van der Waals surface area contributed by atoms with Crippen LogP contribution in [0.15, 0.2) is 18.2 Å². The highest BCUT2D eigenvalue weighted by Crippen LogP contribution is 2.18. The molecule has 1 rings (SSSR count). The van der Waals surface area contributed by atoms with Crippen molar-refractivity contribution in [1.82, 2.24) is 10.2 Å². The smallest absolute Gasteiger partial charge is 0.251 e. The van der Waals surface area contributed by atoms with E-state index >= 15 is 0 Å². The Morgan fingerprint density at radius 2 is 1.67 bits per heavy atom. The maximum atomic E-state index is 12.3. The van der Waals surface area contributed by atoms with Gasteiger partial charge in [0.05, 0.1) is 6.54 Å². The summed E-state index contributed by atoms with van der Waals surface area (Å²) in [7, 11) is 3.58. The molecule has 1 atom stereocenters. The third-order valence-corrected chi connectivity index (χ3v) is 2.94. The first kappa shape index (κ1) is 15.1. The van der Waals surface area contributed by atoms with E-state index in [0.29, 0.717) is 6.54 Å². The van der Waals surface area contributed by atoms with Gasteiger partial charge in [0, 0.05) is 12.6 Å². The number of halogens is 2. The summed E-state index contributed by atoms with van der Waals surface area (Å²) >= 11 is 0. The lowest BCUT2D eigenvalue weighted by molar-refractivity contribution is 0.0963. The SMILES string of the molecule is CNC(CN(C)CC(F)F)c1cc(C)cc(C)c1. The zero-order valence-corrected chi connectivity index (χ0v) is 11.5. The molecule has 18 heavy (non-hydrogen) atoms. The van der Waals surface area contributed by atoms with Crippen LogP contribution in [0.3, 0.4) is 0 Å². The predicted molar refractivity (Wildman–Crippen MR) is 71.2 cm³/mol. The first-order chi connectivity index (χ1) is 8.42. The topological polar surface area (TPSA) is 15.3 Å². The van der Waals surface area contributed by atoms with Crippen molar-refractivity contribution in [2.45, 2.75) is 26.3 Å². The normalized spacial score (nSPS) is 13.3. The first-order valence-electron chi connectivity index (χ1n) is 6.14. The molecule has 2 nitrogen and oxygen atoms in total. The lowest BCUT2D eigenvalue weighted by Gasteiger charge is -2.24. The molecule has 0 aliphatic carbocycles. The van der Waals surface area contributed by atoms with E-state index in [1.54, 1.807) is 11.9 Å². The Hall–Kier alpha value is -1.00. The zero-order valence-electron chi connectivity index (χ0n) is 11.5. The molecule has 0 radical (unpaired) electrons. The van der Waals surface area contributed by atoms with Gasteiger partial charge in [-0.2, -0.15) is 0 Å². The van der Waals surface area contributed by atoms with Crippen molar-refractivity contribution in [3.63, 3.8) is 0 Å². The van der Waals surface area contributed by atoms with Gasteiger partial charge in [-0.3, -0.25) is 4.90 Å². The lowest BCUT2D eigenvalue weighted by Crippen LogP contribution is -2.34. The molecule has 1 aromatic rings. The fourth-order valence-corrected chi connectivity index (χ4v) is 2.20. The summed E-state index contributed by atoms with van der Waals surface area (Å²) in [5.74, 6) is 0. The minimum Gasteiger partial charge on any atom is -0.312 e. The van der Waals surface area contributed by atoms with Crippen LogP contribution in [0.1, 0.15) is 22.7 Å². The Balaban J connectivity index is 2.76. The van der Waals surface area contributed by atoms with Crippen LogP contribution in [-0.2, 0) is 0 Å². The van der Waals surface area contributed by atoms with Crippen LogP contribution in [0.2, 0.25) is 0 Å². The maximum Gasteiger partial charge on any atom is 0.251 e. The van der Waals surface area contributed by atoms with E-state index in [4.69, 9.17) is 0 Å². The van der Waals surface area contributed by atoms with Gasteiger partial charge in [0.1, 0.15) is 0 Å². The molecule has 0 fully saturated rings. The molecular formula is C14H22F2N2. The van der Waals surface area contributed by atoms with E-state index < -0.39 is 6.43 Å². The van der Waals surface area contributed by atoms with Gasteiger partial charge in [0.2, 0.25) is 0 Å². The second-order valence-corrected chi connectivity index (χ2v) is 4.87. The lowest BCUT2D eigenvalue weighted by atomic mass is 10.0. The van der Waals surface area contributed by atoms with Crippen molar-refractivity contribution >= 4 is 0 Å². The van der Waals surface area contributed by atoms with E-state index in [-0.39, 0.29) is 12.6 Å². The number of benzene rings is 1. The molecule has 0 amide bonds. The number of aryl methyl sites for hydroxylation is 2. The van der Waals surface area contributed by atoms with Crippen LogP contribution >= 0.6 is 0 Å². The Bertz CT molecular complexity index is 360. The van der Waals surface area contributed by atoms with Gasteiger partial charge in [0.25, 0.3) is 6.43 Å². The second-order valence-electron chi connectivity index (χ2n) is 4.87. The Morgan fingerprint density at radius 3 is 2.11 bits per heavy atom. The van der Waals surface area contributed by atoms with Crippen molar-refractivity contribution in [2.24, 2.45) is 0 Å². The average molecular weight is 256 g/mol. The number of nitrogens with one attached hydrogen (secondary N) is 1. The minimum absolute atomic E-state index is 0.0762. The highest BCUT2D eigenvalue weighted by Gasteiger charge is 2.15. The third-order valence-electron chi connectivity index (χ3n) is 2.94. The summed E-state index contributed by atoms with van der Waals surface area (Å²) in [6.07, 6.45) is -2.29. The zero-order chi connectivity index (χ0) is 13.7. The molecule has 102 valence electrons. The van der Waals surface area contributed by atoms with Crippen molar-refractivity contribution in [2.75, 3.05) is 27.2 Å². The number of hydrogen-bond acceptors (Lipinski definition) is 2. The summed E-state index contributed by atoms with van der Waals surface area (Å²) in [5, 5.41) is 3.19. The third kappa shape index (κ3) is 4.70. The highest BCUT2D eigenvalue weighted by molar-refractivity contribution is 5.30. The summed E-state index contributed by atoms with van der Waals surface area (Å²) in [6, 6.07) is 6.39. The summed E-state index contributed by atoms with van der Waals surface area (Å²) < 4.78 is 24.6. The molecule has 0 aliphatic rings. The van der Waals surface area contributed by atoms with Crippen molar-refractivity contribution in [3.8, 4) is 0 Å². The second kappa shape index (κ2) is 6.81. The number of hydrogen-bond donors (Lipinski definition) is 1. The molecule has 0 saturated carbocycles. The van der Waals surface area contributed by atoms with Gasteiger partial charge in [-0.15, -0.1) is 0 Å². The Kier molecular flexibility index (Phi) is 5.69. The first-order valence-corrected chi connectivity index (χ1v) is 6.14. The maximum absolute atomic E-state index is 12.3. The molecule has 0 spiro atoms. The number of nitrogens with zero attached hydrogens (tertiary/aromatic N) is 1. The van der Waals surface area contributed by atoms with Gasteiger partial charge in [-0.1, -0.05) is 29.3 Å². The van der Waals surface area contributed by atoms with Crippen LogP contribution in [0.25, 0.3) is 0 Å². The average Bonchev–Trinajstić information content (AvgIpc) is 2.23. The van der Waals surface area contributed by atoms with Crippen molar-refractivity contribution in [3.05, 3.63) is 34.9 Å². The Morgan fingerprint density at radius 1 is 1.11 bits per heavy atom. The largest absolute Gasteiger partial charge is 0.312 e. The molecule has 0 saturated heterocycles. The summed E-state index contributed by atoms with van der Waals surface area (Å²) in [5.41, 5.74) is 3.54. The monoisotopic (exact) mass is 256 g/mol. The van der Waals surface area contributed by atoms with E-state index in [0.717, 1.165) is 5.56 Å². The molecule has 4 heteroatoms. The van der Waals surface area contributed by atoms with Gasteiger partial charge < -0.3 is 5.32 Å². The van der Waals surface area contributed by atoms with Crippen LogP contribution < -0.4 is 5.32 Å². The number of rotatable bonds is 6. The molecule has 1 unspecified atom stereocenters. The van der Waals surface area contributed by atoms with E-state index in [1.807, 2.05) is 20.9 Å². The van der Waals surface area contributed by atoms with Crippen molar-refractivity contribution < 1.29 is 8.78 Å². The number of likely N-dealkylation sites (N-methyl/N-ethyl adjacent to an activating group) is 2. The van der Waals surface area contributed by atoms with Crippen LogP contribution in [-0.4, -0.2) is 38.5 Å². The van der Waals surface area contributed by atoms with E-state index in [9.17, 15) is 8.78 Å². The van der Waals surface area contributed by atoms with E-state index in [2.05, 4.69) is 23.5 Å². The van der Waals surface area contributed by atoms with Crippen molar-refractivity contribution in [1.29, 1.82) is 0 Å². The van der Waals surface area contributed by atoms with Crippen LogP contribution in [0.5, 0.6) is 0 Å². The van der Waals surface area contributed by atoms with Gasteiger partial charge in [-0.05, 0) is 33.5 Å². The molecular weight excluding hydrogens is 234 g/mol. The molecule has 1 aromatic carbocycles. The standard InChI is InChI=1S/C14H22F2N2/c1-10-5-11(2)7-12(6-10)13(17-3)8-18(4)9-14(15)16/h5-7,13-14,17H,8-9H2,1-4H3. The molecule has 1 N–H and O–H groups in total. The quantitative estimate of drug-likeness (QED) is 0.842. The van der Waals surface area contributed by atoms with Crippen LogP contribution in [0, 0.1) is 13.8 Å². The molecule has 0 aliphatic heterocycles. The van der Waals surface area contributed by atoms with E-state index in [1.165, 1.54) is 11.1 Å². The van der Waals surface area contributed by atoms with Gasteiger partial charge >= 0.3 is 0 Å². The summed E-state index contributed by atoms with van der Waals surface area (Å²) in [4.78, 5) is 1.66. The van der Waals surface area contributed by atoms with Gasteiger partial charge in [-0.25, -0.2) is 8.78 Å². The Labute approximate surface area is 108 Å². The minimum atomic E-state index is -2.29. The summed E-state index contributed by atoms with van der Waals surface area (Å²) in [6.45, 7) is 4.48. The fourth-order valence-electron chi connectivity index (χ4n) is 2.20. The van der Waals surface area contributed by atoms with Gasteiger partial charge in [0.15, 0.2) is 0 Å². The highest BCUT2D eigenvalue weighted by atomic mass is 19.3.